The fourth-order valence-corrected chi connectivity index (χ4v) is 1.22. The number of hydrogen-bond donors (Lipinski definition) is 0. The summed E-state index contributed by atoms with van der Waals surface area (Å²) in [6.07, 6.45) is 0.796. The Kier molecular flexibility index (Phi) is 4.76. The van der Waals surface area contributed by atoms with Crippen LogP contribution < -0.4 is 4.74 Å². The zero-order chi connectivity index (χ0) is 12.0. The average Bonchev–Trinajstić information content (AvgIpc) is 2.28. The summed E-state index contributed by atoms with van der Waals surface area (Å²) in [4.78, 5) is 10.8. The number of rotatable bonds is 5. The highest BCUT2D eigenvalue weighted by molar-refractivity contribution is 5.69. The van der Waals surface area contributed by atoms with Crippen LogP contribution >= 0.6 is 0 Å². The number of esters is 1. The lowest BCUT2D eigenvalue weighted by atomic mass is 10.2. The maximum Gasteiger partial charge on any atom is 0.305 e. The monoisotopic (exact) mass is 226 g/mol. The molecule has 0 N–H and O–H groups in total. The van der Waals surface area contributed by atoms with E-state index in [1.807, 2.05) is 6.92 Å². The predicted molar refractivity (Wildman–Crippen MR) is 57.9 cm³/mol. The van der Waals surface area contributed by atoms with Crippen molar-refractivity contribution in [1.82, 2.24) is 0 Å². The average molecular weight is 226 g/mol. The fourth-order valence-electron chi connectivity index (χ4n) is 1.22. The Balaban J connectivity index is 2.37. The van der Waals surface area contributed by atoms with Gasteiger partial charge in [-0.25, -0.2) is 4.39 Å². The van der Waals surface area contributed by atoms with Crippen molar-refractivity contribution in [1.29, 1.82) is 0 Å². The van der Waals surface area contributed by atoms with Crippen LogP contribution in [-0.4, -0.2) is 19.7 Å². The maximum atomic E-state index is 13.2. The molecule has 1 rings (SSSR count). The van der Waals surface area contributed by atoms with Crippen LogP contribution in [0.4, 0.5) is 4.39 Å². The standard InChI is InChI=1S/C12H15FO3/c1-9-5-6-10(13)11(8-9)16-7-3-4-12(14)15-2/h5-6,8H,3-4,7H2,1-2H3. The molecule has 0 aliphatic heterocycles. The van der Waals surface area contributed by atoms with Gasteiger partial charge in [-0.15, -0.1) is 0 Å². The highest BCUT2D eigenvalue weighted by Crippen LogP contribution is 2.18. The van der Waals surface area contributed by atoms with E-state index in [0.29, 0.717) is 13.0 Å². The summed E-state index contributed by atoms with van der Waals surface area (Å²) in [5.41, 5.74) is 0.935. The van der Waals surface area contributed by atoms with Crippen LogP contribution in [0.25, 0.3) is 0 Å². The highest BCUT2D eigenvalue weighted by Gasteiger charge is 2.04. The number of methoxy groups -OCH3 is 1. The molecule has 1 aromatic carbocycles. The summed E-state index contributed by atoms with van der Waals surface area (Å²) in [6.45, 7) is 2.16. The molecule has 0 aliphatic carbocycles. The van der Waals surface area contributed by atoms with Gasteiger partial charge in [-0.2, -0.15) is 0 Å². The molecule has 1 aromatic rings. The molecule has 0 spiro atoms. The van der Waals surface area contributed by atoms with Crippen molar-refractivity contribution in [2.45, 2.75) is 19.8 Å². The Labute approximate surface area is 94.2 Å². The van der Waals surface area contributed by atoms with E-state index >= 15 is 0 Å². The van der Waals surface area contributed by atoms with E-state index in [9.17, 15) is 9.18 Å². The first-order chi connectivity index (χ1) is 7.63. The third-order valence-corrected chi connectivity index (χ3v) is 2.10. The fraction of sp³-hybridized carbons (Fsp3) is 0.417. The molecule has 0 amide bonds. The quantitative estimate of drug-likeness (QED) is 0.571. The third kappa shape index (κ3) is 3.88. The van der Waals surface area contributed by atoms with Crippen molar-refractivity contribution in [3.05, 3.63) is 29.6 Å². The van der Waals surface area contributed by atoms with Gasteiger partial charge >= 0.3 is 5.97 Å². The molecule has 0 unspecified atom stereocenters. The lowest BCUT2D eigenvalue weighted by Crippen LogP contribution is -2.05. The van der Waals surface area contributed by atoms with Crippen molar-refractivity contribution in [2.24, 2.45) is 0 Å². The highest BCUT2D eigenvalue weighted by atomic mass is 19.1. The van der Waals surface area contributed by atoms with Crippen LogP contribution in [0.15, 0.2) is 18.2 Å². The lowest BCUT2D eigenvalue weighted by Gasteiger charge is -2.07. The van der Waals surface area contributed by atoms with Gasteiger partial charge in [0.15, 0.2) is 11.6 Å². The summed E-state index contributed by atoms with van der Waals surface area (Å²) >= 11 is 0. The summed E-state index contributed by atoms with van der Waals surface area (Å²) in [5.74, 6) is -0.443. The van der Waals surface area contributed by atoms with Crippen LogP contribution in [-0.2, 0) is 9.53 Å². The van der Waals surface area contributed by atoms with Crippen LogP contribution in [0.5, 0.6) is 5.75 Å². The SMILES string of the molecule is COC(=O)CCCOc1cc(C)ccc1F. The lowest BCUT2D eigenvalue weighted by molar-refractivity contribution is -0.140. The topological polar surface area (TPSA) is 35.5 Å². The second kappa shape index (κ2) is 6.10. The van der Waals surface area contributed by atoms with Gasteiger partial charge < -0.3 is 9.47 Å². The summed E-state index contributed by atoms with van der Waals surface area (Å²) in [7, 11) is 1.34. The van der Waals surface area contributed by atoms with Crippen molar-refractivity contribution in [3.63, 3.8) is 0 Å². The first-order valence-corrected chi connectivity index (χ1v) is 5.09. The zero-order valence-electron chi connectivity index (χ0n) is 9.46. The number of carbonyl (C=O) groups excluding carboxylic acids is 1. The molecule has 4 heteroatoms. The summed E-state index contributed by atoms with van der Waals surface area (Å²) in [6, 6.07) is 4.68. The van der Waals surface area contributed by atoms with Gasteiger partial charge in [0.05, 0.1) is 13.7 Å². The smallest absolute Gasteiger partial charge is 0.305 e. The molecule has 0 aliphatic rings. The number of halogens is 1. The third-order valence-electron chi connectivity index (χ3n) is 2.10. The first kappa shape index (κ1) is 12.5. The van der Waals surface area contributed by atoms with Gasteiger partial charge in [0.25, 0.3) is 0 Å². The summed E-state index contributed by atoms with van der Waals surface area (Å²) in [5, 5.41) is 0. The first-order valence-electron chi connectivity index (χ1n) is 5.09. The number of carbonyl (C=O) groups is 1. The molecule has 0 saturated heterocycles. The number of ether oxygens (including phenoxy) is 2. The molecular formula is C12H15FO3. The van der Waals surface area contributed by atoms with E-state index in [0.717, 1.165) is 5.56 Å². The molecule has 0 bridgehead atoms. The minimum absolute atomic E-state index is 0.227. The van der Waals surface area contributed by atoms with Crippen LogP contribution in [0.3, 0.4) is 0 Å². The minimum Gasteiger partial charge on any atom is -0.490 e. The normalized spacial score (nSPS) is 9.94. The van der Waals surface area contributed by atoms with E-state index < -0.39 is 0 Å². The Bertz CT molecular complexity index is 363. The van der Waals surface area contributed by atoms with Crippen molar-refractivity contribution in [3.8, 4) is 5.75 Å². The van der Waals surface area contributed by atoms with E-state index in [-0.39, 0.29) is 24.0 Å². The van der Waals surface area contributed by atoms with Gasteiger partial charge in [-0.1, -0.05) is 6.07 Å². The van der Waals surface area contributed by atoms with Crippen molar-refractivity contribution < 1.29 is 18.7 Å². The summed E-state index contributed by atoms with van der Waals surface area (Å²) < 4.78 is 22.9. The largest absolute Gasteiger partial charge is 0.490 e. The molecule has 16 heavy (non-hydrogen) atoms. The maximum absolute atomic E-state index is 13.2. The molecule has 0 saturated carbocycles. The number of hydrogen-bond acceptors (Lipinski definition) is 3. The Morgan fingerprint density at radius 3 is 2.88 bits per heavy atom. The minimum atomic E-state index is -0.385. The molecule has 0 aromatic heterocycles. The van der Waals surface area contributed by atoms with Crippen molar-refractivity contribution >= 4 is 5.97 Å². The number of benzene rings is 1. The Morgan fingerprint density at radius 1 is 1.44 bits per heavy atom. The van der Waals surface area contributed by atoms with Crippen LogP contribution in [0.2, 0.25) is 0 Å². The Morgan fingerprint density at radius 2 is 2.19 bits per heavy atom. The second-order valence-electron chi connectivity index (χ2n) is 3.46. The zero-order valence-corrected chi connectivity index (χ0v) is 9.46. The Hall–Kier alpha value is -1.58. The van der Waals surface area contributed by atoms with Gasteiger partial charge in [-0.3, -0.25) is 4.79 Å². The van der Waals surface area contributed by atoms with Crippen LogP contribution in [0.1, 0.15) is 18.4 Å². The van der Waals surface area contributed by atoms with E-state index in [1.165, 1.54) is 13.2 Å². The van der Waals surface area contributed by atoms with E-state index in [2.05, 4.69) is 4.74 Å². The van der Waals surface area contributed by atoms with Gasteiger partial charge in [0, 0.05) is 6.42 Å². The molecule has 0 radical (unpaired) electrons. The molecule has 3 nitrogen and oxygen atoms in total. The van der Waals surface area contributed by atoms with Crippen LogP contribution in [0, 0.1) is 12.7 Å². The predicted octanol–water partition coefficient (Wildman–Crippen LogP) is 2.47. The van der Waals surface area contributed by atoms with Crippen molar-refractivity contribution in [2.75, 3.05) is 13.7 Å². The van der Waals surface area contributed by atoms with Gasteiger partial charge in [0.1, 0.15) is 0 Å². The molecule has 88 valence electrons. The molecule has 0 heterocycles. The molecule has 0 fully saturated rings. The molecule has 0 atom stereocenters. The van der Waals surface area contributed by atoms with Gasteiger partial charge in [0.2, 0.25) is 0 Å². The number of aryl methyl sites for hydroxylation is 1. The van der Waals surface area contributed by atoms with Gasteiger partial charge in [-0.05, 0) is 31.0 Å². The second-order valence-corrected chi connectivity index (χ2v) is 3.46. The van der Waals surface area contributed by atoms with E-state index in [1.54, 1.807) is 12.1 Å². The van der Waals surface area contributed by atoms with E-state index in [4.69, 9.17) is 4.74 Å². The molecular weight excluding hydrogens is 211 g/mol.